The molecule has 34 heavy (non-hydrogen) atoms. The van der Waals surface area contributed by atoms with Gasteiger partial charge < -0.3 is 16.0 Å². The lowest BCUT2D eigenvalue weighted by Gasteiger charge is -2.34. The Morgan fingerprint density at radius 2 is 1.79 bits per heavy atom. The number of nitrogens with one attached hydrogen (secondary N) is 3. The molecule has 0 saturated heterocycles. The highest BCUT2D eigenvalue weighted by molar-refractivity contribution is 5.94. The Balaban J connectivity index is 1.40. The summed E-state index contributed by atoms with van der Waals surface area (Å²) in [6.45, 7) is 6.71. The summed E-state index contributed by atoms with van der Waals surface area (Å²) in [6, 6.07) is 16.3. The number of aromatic nitrogens is 2. The third kappa shape index (κ3) is 5.89. The zero-order valence-electron chi connectivity index (χ0n) is 20.1. The zero-order chi connectivity index (χ0) is 24.1. The Kier molecular flexibility index (Phi) is 7.09. The van der Waals surface area contributed by atoms with Crippen molar-refractivity contribution in [3.8, 4) is 17.2 Å². The largest absolute Gasteiger partial charge is 0.360 e. The quantitative estimate of drug-likeness (QED) is 0.508. The third-order valence-electron chi connectivity index (χ3n) is 6.14. The zero-order valence-corrected chi connectivity index (χ0v) is 20.1. The lowest BCUT2D eigenvalue weighted by molar-refractivity contribution is -0.120. The minimum absolute atomic E-state index is 0.0371. The minimum atomic E-state index is -0.0371. The molecule has 1 aromatic heterocycles. The first kappa shape index (κ1) is 23.7. The number of hydrogen-bond acceptors (Lipinski definition) is 6. The van der Waals surface area contributed by atoms with Crippen LogP contribution >= 0.6 is 0 Å². The summed E-state index contributed by atoms with van der Waals surface area (Å²) in [6.07, 6.45) is 5.60. The Labute approximate surface area is 201 Å². The van der Waals surface area contributed by atoms with Crippen molar-refractivity contribution in [2.45, 2.75) is 64.1 Å². The fraction of sp³-hybridized carbons (Fsp3) is 0.407. The molecular weight excluding hydrogens is 424 g/mol. The highest BCUT2D eigenvalue weighted by atomic mass is 16.2. The van der Waals surface area contributed by atoms with Gasteiger partial charge in [0, 0.05) is 23.0 Å². The molecule has 1 aliphatic carbocycles. The number of hydrogen-bond donors (Lipinski definition) is 3. The van der Waals surface area contributed by atoms with Crippen LogP contribution in [0.4, 0.5) is 5.82 Å². The standard InChI is InChI=1S/C27H32N6O/c1-27(2,3)33-21-11-9-20(10-12-21)32-25(34)16-29-26-23-14-18(8-13-24(23)30-17-31-26)22-7-5-4-6-19(22)15-28/h4-8,13-14,17,20-21,33H,9-12,16H2,1-3H3,(H,32,34)(H,29,30,31). The maximum Gasteiger partial charge on any atom is 0.239 e. The van der Waals surface area contributed by atoms with E-state index in [1.807, 2.05) is 36.4 Å². The molecule has 0 bridgehead atoms. The maximum absolute atomic E-state index is 12.6. The third-order valence-corrected chi connectivity index (χ3v) is 6.14. The van der Waals surface area contributed by atoms with Crippen LogP contribution in [0.5, 0.6) is 0 Å². The molecule has 0 aliphatic heterocycles. The van der Waals surface area contributed by atoms with Crippen molar-refractivity contribution in [2.75, 3.05) is 11.9 Å². The summed E-state index contributed by atoms with van der Waals surface area (Å²) in [5.41, 5.74) is 3.27. The maximum atomic E-state index is 12.6. The van der Waals surface area contributed by atoms with Gasteiger partial charge in [-0.2, -0.15) is 5.26 Å². The van der Waals surface area contributed by atoms with E-state index >= 15 is 0 Å². The van der Waals surface area contributed by atoms with E-state index in [2.05, 4.69) is 52.8 Å². The van der Waals surface area contributed by atoms with Gasteiger partial charge in [0.25, 0.3) is 0 Å². The van der Waals surface area contributed by atoms with E-state index < -0.39 is 0 Å². The Bertz CT molecular complexity index is 1200. The van der Waals surface area contributed by atoms with Gasteiger partial charge in [-0.25, -0.2) is 9.97 Å². The smallest absolute Gasteiger partial charge is 0.239 e. The second-order valence-electron chi connectivity index (χ2n) is 9.98. The Morgan fingerprint density at radius 1 is 1.06 bits per heavy atom. The van der Waals surface area contributed by atoms with Crippen LogP contribution < -0.4 is 16.0 Å². The molecule has 3 aromatic rings. The topological polar surface area (TPSA) is 103 Å². The second-order valence-corrected chi connectivity index (χ2v) is 9.98. The van der Waals surface area contributed by atoms with Crippen molar-refractivity contribution in [1.29, 1.82) is 5.26 Å². The van der Waals surface area contributed by atoms with Crippen LogP contribution in [-0.2, 0) is 4.79 Å². The predicted octanol–water partition coefficient (Wildman–Crippen LogP) is 4.40. The summed E-state index contributed by atoms with van der Waals surface area (Å²) in [4.78, 5) is 21.4. The van der Waals surface area contributed by atoms with Crippen LogP contribution in [0.15, 0.2) is 48.8 Å². The molecular formula is C27H32N6O. The van der Waals surface area contributed by atoms with Crippen LogP contribution in [0.1, 0.15) is 52.0 Å². The number of nitrogens with zero attached hydrogens (tertiary/aromatic N) is 3. The fourth-order valence-electron chi connectivity index (χ4n) is 4.63. The van der Waals surface area contributed by atoms with Crippen molar-refractivity contribution < 1.29 is 4.79 Å². The second kappa shape index (κ2) is 10.2. The number of nitriles is 1. The number of amides is 1. The summed E-state index contributed by atoms with van der Waals surface area (Å²) >= 11 is 0. The van der Waals surface area contributed by atoms with Gasteiger partial charge in [0.2, 0.25) is 5.91 Å². The number of rotatable bonds is 6. The predicted molar refractivity (Wildman–Crippen MR) is 135 cm³/mol. The van der Waals surface area contributed by atoms with E-state index in [4.69, 9.17) is 0 Å². The first-order chi connectivity index (χ1) is 16.3. The average Bonchev–Trinajstić information content (AvgIpc) is 2.82. The van der Waals surface area contributed by atoms with Gasteiger partial charge in [-0.15, -0.1) is 0 Å². The van der Waals surface area contributed by atoms with Crippen molar-refractivity contribution in [1.82, 2.24) is 20.6 Å². The molecule has 7 heteroatoms. The van der Waals surface area contributed by atoms with Gasteiger partial charge in [-0.1, -0.05) is 24.3 Å². The summed E-state index contributed by atoms with van der Waals surface area (Å²) in [5.74, 6) is 0.569. The molecule has 3 N–H and O–H groups in total. The Hall–Kier alpha value is -3.50. The summed E-state index contributed by atoms with van der Waals surface area (Å²) in [5, 5.41) is 20.3. The molecule has 1 aliphatic rings. The van der Waals surface area contributed by atoms with Crippen LogP contribution in [0.2, 0.25) is 0 Å². The molecule has 1 saturated carbocycles. The van der Waals surface area contributed by atoms with Crippen LogP contribution in [0.3, 0.4) is 0 Å². The van der Waals surface area contributed by atoms with E-state index in [0.717, 1.165) is 47.7 Å². The number of carbonyl (C=O) groups is 1. The normalized spacial score (nSPS) is 18.3. The van der Waals surface area contributed by atoms with Crippen molar-refractivity contribution in [3.05, 3.63) is 54.4 Å². The highest BCUT2D eigenvalue weighted by Gasteiger charge is 2.25. The van der Waals surface area contributed by atoms with Gasteiger partial charge >= 0.3 is 0 Å². The molecule has 2 aromatic carbocycles. The van der Waals surface area contributed by atoms with Crippen LogP contribution in [-0.4, -0.2) is 40.0 Å². The van der Waals surface area contributed by atoms with E-state index in [1.165, 1.54) is 6.33 Å². The van der Waals surface area contributed by atoms with Crippen molar-refractivity contribution in [3.63, 3.8) is 0 Å². The molecule has 1 heterocycles. The molecule has 4 rings (SSSR count). The first-order valence-electron chi connectivity index (χ1n) is 11.9. The minimum Gasteiger partial charge on any atom is -0.360 e. The van der Waals surface area contributed by atoms with E-state index in [0.29, 0.717) is 17.4 Å². The van der Waals surface area contributed by atoms with Gasteiger partial charge in [-0.3, -0.25) is 4.79 Å². The summed E-state index contributed by atoms with van der Waals surface area (Å²) < 4.78 is 0. The van der Waals surface area contributed by atoms with Crippen LogP contribution in [0, 0.1) is 11.3 Å². The van der Waals surface area contributed by atoms with E-state index in [-0.39, 0.29) is 24.0 Å². The SMILES string of the molecule is CC(C)(C)NC1CCC(NC(=O)CNc2ncnc3ccc(-c4ccccc4C#N)cc23)CC1. The number of fused-ring (bicyclic) bond motifs is 1. The lowest BCUT2D eigenvalue weighted by Crippen LogP contribution is -2.48. The molecule has 176 valence electrons. The fourth-order valence-corrected chi connectivity index (χ4v) is 4.63. The number of anilines is 1. The molecule has 7 nitrogen and oxygen atoms in total. The molecule has 0 radical (unpaired) electrons. The first-order valence-corrected chi connectivity index (χ1v) is 11.9. The molecule has 0 spiro atoms. The van der Waals surface area contributed by atoms with Gasteiger partial charge in [0.15, 0.2) is 0 Å². The van der Waals surface area contributed by atoms with E-state index in [9.17, 15) is 10.1 Å². The van der Waals surface area contributed by atoms with Gasteiger partial charge in [-0.05, 0) is 75.8 Å². The number of carbonyl (C=O) groups excluding carboxylic acids is 1. The lowest BCUT2D eigenvalue weighted by atomic mass is 9.89. The van der Waals surface area contributed by atoms with Crippen LogP contribution in [0.25, 0.3) is 22.0 Å². The van der Waals surface area contributed by atoms with Crippen molar-refractivity contribution >= 4 is 22.6 Å². The van der Waals surface area contributed by atoms with Gasteiger partial charge in [0.05, 0.1) is 23.7 Å². The summed E-state index contributed by atoms with van der Waals surface area (Å²) in [7, 11) is 0. The average molecular weight is 457 g/mol. The highest BCUT2D eigenvalue weighted by Crippen LogP contribution is 2.29. The molecule has 1 fully saturated rings. The van der Waals surface area contributed by atoms with Crippen molar-refractivity contribution in [2.24, 2.45) is 0 Å². The molecule has 0 atom stereocenters. The monoisotopic (exact) mass is 456 g/mol. The van der Waals surface area contributed by atoms with E-state index in [1.54, 1.807) is 6.07 Å². The van der Waals surface area contributed by atoms with Gasteiger partial charge in [0.1, 0.15) is 12.1 Å². The molecule has 1 amide bonds. The number of benzene rings is 2. The molecule has 0 unspecified atom stereocenters. The Morgan fingerprint density at radius 3 is 2.53 bits per heavy atom.